The van der Waals surface area contributed by atoms with E-state index >= 15 is 0 Å². The molecule has 4 N–H and O–H groups in total. The summed E-state index contributed by atoms with van der Waals surface area (Å²) in [5.41, 5.74) is 5.11. The maximum Gasteiger partial charge on any atom is 0.471 e. The van der Waals surface area contributed by atoms with Crippen molar-refractivity contribution in [2.75, 3.05) is 24.3 Å². The number of methoxy groups -OCH3 is 1. The maximum absolute atomic E-state index is 12.3. The van der Waals surface area contributed by atoms with E-state index in [1.165, 1.54) is 25.3 Å². The fourth-order valence-corrected chi connectivity index (χ4v) is 1.53. The topological polar surface area (TPSA) is 93.5 Å². The summed E-state index contributed by atoms with van der Waals surface area (Å²) in [5, 5.41) is 4.12. The average Bonchev–Trinajstić information content (AvgIpc) is 2.45. The molecule has 0 bridgehead atoms. The molecule has 0 atom stereocenters. The molecule has 22 heavy (non-hydrogen) atoms. The maximum atomic E-state index is 12.3. The second-order valence-corrected chi connectivity index (χ2v) is 4.30. The highest BCUT2D eigenvalue weighted by molar-refractivity contribution is 6.01. The number of hydrogen-bond acceptors (Lipinski definition) is 4. The molecule has 0 aliphatic carbocycles. The second kappa shape index (κ2) is 7.64. The molecule has 6 nitrogen and oxygen atoms in total. The summed E-state index contributed by atoms with van der Waals surface area (Å²) in [6.45, 7) is 0.309. The van der Waals surface area contributed by atoms with Crippen molar-refractivity contribution < 1.29 is 27.5 Å². The SMILES string of the molecule is COc1ccc(NC(=O)C(F)(F)F)c(NC(=O)CCCN)c1. The molecule has 2 amide bonds. The molecule has 0 heterocycles. The van der Waals surface area contributed by atoms with Crippen LogP contribution in [-0.2, 0) is 9.59 Å². The Morgan fingerprint density at radius 2 is 1.91 bits per heavy atom. The number of nitrogens with two attached hydrogens (primary N) is 1. The lowest BCUT2D eigenvalue weighted by atomic mass is 10.2. The van der Waals surface area contributed by atoms with Gasteiger partial charge in [0.25, 0.3) is 0 Å². The van der Waals surface area contributed by atoms with Crippen LogP contribution in [0.15, 0.2) is 18.2 Å². The minimum Gasteiger partial charge on any atom is -0.497 e. The summed E-state index contributed by atoms with van der Waals surface area (Å²) in [7, 11) is 1.36. The summed E-state index contributed by atoms with van der Waals surface area (Å²) < 4.78 is 41.8. The van der Waals surface area contributed by atoms with Gasteiger partial charge >= 0.3 is 12.1 Å². The Labute approximate surface area is 124 Å². The molecule has 1 aromatic rings. The van der Waals surface area contributed by atoms with E-state index in [2.05, 4.69) is 5.32 Å². The van der Waals surface area contributed by atoms with Crippen molar-refractivity contribution in [2.45, 2.75) is 19.0 Å². The van der Waals surface area contributed by atoms with Gasteiger partial charge in [0.05, 0.1) is 18.5 Å². The van der Waals surface area contributed by atoms with Crippen molar-refractivity contribution in [3.8, 4) is 5.75 Å². The van der Waals surface area contributed by atoms with Gasteiger partial charge in [-0.25, -0.2) is 0 Å². The van der Waals surface area contributed by atoms with Crippen molar-refractivity contribution in [1.29, 1.82) is 0 Å². The van der Waals surface area contributed by atoms with Gasteiger partial charge in [0.2, 0.25) is 5.91 Å². The lowest BCUT2D eigenvalue weighted by Crippen LogP contribution is -2.30. The van der Waals surface area contributed by atoms with E-state index in [1.54, 1.807) is 5.32 Å². The van der Waals surface area contributed by atoms with Crippen LogP contribution < -0.4 is 21.1 Å². The first-order chi connectivity index (χ1) is 10.3. The number of benzene rings is 1. The zero-order valence-corrected chi connectivity index (χ0v) is 11.8. The van der Waals surface area contributed by atoms with Gasteiger partial charge in [0.15, 0.2) is 0 Å². The molecule has 9 heteroatoms. The molecule has 0 aromatic heterocycles. The predicted octanol–water partition coefficient (Wildman–Crippen LogP) is 1.87. The van der Waals surface area contributed by atoms with Crippen LogP contribution in [0.25, 0.3) is 0 Å². The third-order valence-corrected chi connectivity index (χ3v) is 2.61. The number of rotatable bonds is 6. The highest BCUT2D eigenvalue weighted by Gasteiger charge is 2.39. The van der Waals surface area contributed by atoms with Gasteiger partial charge < -0.3 is 21.1 Å². The number of ether oxygens (including phenoxy) is 1. The van der Waals surface area contributed by atoms with Crippen molar-refractivity contribution in [3.05, 3.63) is 18.2 Å². The first kappa shape index (κ1) is 17.8. The first-order valence-electron chi connectivity index (χ1n) is 6.34. The van der Waals surface area contributed by atoms with Gasteiger partial charge in [0, 0.05) is 12.5 Å². The summed E-state index contributed by atoms with van der Waals surface area (Å²) in [6, 6.07) is 3.88. The van der Waals surface area contributed by atoms with Crippen molar-refractivity contribution in [2.24, 2.45) is 5.73 Å². The van der Waals surface area contributed by atoms with Crippen LogP contribution in [0.1, 0.15) is 12.8 Å². The monoisotopic (exact) mass is 319 g/mol. The Bertz CT molecular complexity index is 547. The van der Waals surface area contributed by atoms with E-state index < -0.39 is 18.0 Å². The zero-order valence-electron chi connectivity index (χ0n) is 11.8. The lowest BCUT2D eigenvalue weighted by molar-refractivity contribution is -0.167. The van der Waals surface area contributed by atoms with E-state index in [0.717, 1.165) is 0 Å². The molecule has 0 radical (unpaired) electrons. The van der Waals surface area contributed by atoms with E-state index in [9.17, 15) is 22.8 Å². The Morgan fingerprint density at radius 1 is 1.23 bits per heavy atom. The predicted molar refractivity (Wildman–Crippen MR) is 74.6 cm³/mol. The minimum atomic E-state index is -5.03. The van der Waals surface area contributed by atoms with Crippen LogP contribution in [-0.4, -0.2) is 31.6 Å². The fourth-order valence-electron chi connectivity index (χ4n) is 1.53. The molecule has 1 aromatic carbocycles. The molecule has 0 spiro atoms. The summed E-state index contributed by atoms with van der Waals surface area (Å²) in [5.74, 6) is -2.24. The molecular weight excluding hydrogens is 303 g/mol. The number of carbonyl (C=O) groups is 2. The normalized spacial score (nSPS) is 11.0. The van der Waals surface area contributed by atoms with Crippen LogP contribution in [0.3, 0.4) is 0 Å². The van der Waals surface area contributed by atoms with Gasteiger partial charge in [-0.2, -0.15) is 13.2 Å². The Kier molecular flexibility index (Phi) is 6.17. The smallest absolute Gasteiger partial charge is 0.471 e. The standard InChI is InChI=1S/C13H16F3N3O3/c1-22-8-4-5-9(19-12(21)13(14,15)16)10(7-8)18-11(20)3-2-6-17/h4-5,7H,2-3,6,17H2,1H3,(H,18,20)(H,19,21). The number of anilines is 2. The van der Waals surface area contributed by atoms with E-state index in [1.807, 2.05) is 0 Å². The van der Waals surface area contributed by atoms with Crippen molar-refractivity contribution >= 4 is 23.2 Å². The number of halogens is 3. The van der Waals surface area contributed by atoms with E-state index in [4.69, 9.17) is 10.5 Å². The van der Waals surface area contributed by atoms with Crippen LogP contribution in [0, 0.1) is 0 Å². The van der Waals surface area contributed by atoms with E-state index in [0.29, 0.717) is 18.7 Å². The third-order valence-electron chi connectivity index (χ3n) is 2.61. The summed E-state index contributed by atoms with van der Waals surface area (Å²) in [4.78, 5) is 22.7. The van der Waals surface area contributed by atoms with Crippen LogP contribution in [0.4, 0.5) is 24.5 Å². The van der Waals surface area contributed by atoms with Gasteiger partial charge in [0.1, 0.15) is 5.75 Å². The average molecular weight is 319 g/mol. The number of amides is 2. The van der Waals surface area contributed by atoms with Crippen LogP contribution >= 0.6 is 0 Å². The molecule has 122 valence electrons. The molecule has 1 rings (SSSR count). The largest absolute Gasteiger partial charge is 0.497 e. The molecule has 0 fully saturated rings. The number of carbonyl (C=O) groups excluding carboxylic acids is 2. The van der Waals surface area contributed by atoms with Gasteiger partial charge in [-0.05, 0) is 25.1 Å². The van der Waals surface area contributed by atoms with Gasteiger partial charge in [-0.3, -0.25) is 9.59 Å². The minimum absolute atomic E-state index is 0.0129. The molecule has 0 unspecified atom stereocenters. The molecular formula is C13H16F3N3O3. The molecule has 0 saturated heterocycles. The number of alkyl halides is 3. The number of hydrogen-bond donors (Lipinski definition) is 3. The highest BCUT2D eigenvalue weighted by Crippen LogP contribution is 2.29. The zero-order chi connectivity index (χ0) is 16.8. The van der Waals surface area contributed by atoms with Gasteiger partial charge in [-0.15, -0.1) is 0 Å². The third kappa shape index (κ3) is 5.24. The van der Waals surface area contributed by atoms with Crippen LogP contribution in [0.5, 0.6) is 5.75 Å². The summed E-state index contributed by atoms with van der Waals surface area (Å²) in [6.07, 6.45) is -4.48. The summed E-state index contributed by atoms with van der Waals surface area (Å²) >= 11 is 0. The number of nitrogens with one attached hydrogen (secondary N) is 2. The first-order valence-corrected chi connectivity index (χ1v) is 6.34. The second-order valence-electron chi connectivity index (χ2n) is 4.30. The Hall–Kier alpha value is -2.29. The molecule has 0 saturated carbocycles. The lowest BCUT2D eigenvalue weighted by Gasteiger charge is -2.14. The van der Waals surface area contributed by atoms with E-state index in [-0.39, 0.29) is 17.8 Å². The highest BCUT2D eigenvalue weighted by atomic mass is 19.4. The molecule has 0 aliphatic heterocycles. The quantitative estimate of drug-likeness (QED) is 0.746. The molecule has 0 aliphatic rings. The van der Waals surface area contributed by atoms with Crippen molar-refractivity contribution in [3.63, 3.8) is 0 Å². The Morgan fingerprint density at radius 3 is 2.45 bits per heavy atom. The van der Waals surface area contributed by atoms with Crippen LogP contribution in [0.2, 0.25) is 0 Å². The Balaban J connectivity index is 2.96. The van der Waals surface area contributed by atoms with Gasteiger partial charge in [-0.1, -0.05) is 0 Å². The fraction of sp³-hybridized carbons (Fsp3) is 0.385. The van der Waals surface area contributed by atoms with Crippen molar-refractivity contribution in [1.82, 2.24) is 0 Å².